The molecule has 2 aliphatic heterocycles. The lowest BCUT2D eigenvalue weighted by atomic mass is 9.82. The predicted molar refractivity (Wildman–Crippen MR) is 155 cm³/mol. The topological polar surface area (TPSA) is 91.3 Å². The van der Waals surface area contributed by atoms with Crippen LogP contribution in [0.2, 0.25) is 0 Å². The number of hydrogen-bond donors (Lipinski definition) is 2. The molecule has 8 nitrogen and oxygen atoms in total. The highest BCUT2D eigenvalue weighted by molar-refractivity contribution is 5.94. The van der Waals surface area contributed by atoms with Gasteiger partial charge < -0.3 is 24.8 Å². The first-order valence-corrected chi connectivity index (χ1v) is 14.1. The monoisotopic (exact) mass is 579 g/mol. The molecular formula is C32H35F2N3O5. The number of benzene rings is 3. The molecule has 42 heavy (non-hydrogen) atoms. The van der Waals surface area contributed by atoms with E-state index in [0.29, 0.717) is 35.2 Å². The number of nitrogens with zero attached hydrogens (tertiary/aromatic N) is 2. The second-order valence-corrected chi connectivity index (χ2v) is 10.9. The summed E-state index contributed by atoms with van der Waals surface area (Å²) >= 11 is 0. The molecule has 10 heteroatoms. The zero-order valence-corrected chi connectivity index (χ0v) is 24.1. The van der Waals surface area contributed by atoms with Crippen molar-refractivity contribution in [1.82, 2.24) is 4.90 Å². The summed E-state index contributed by atoms with van der Waals surface area (Å²) < 4.78 is 39.7. The second-order valence-electron chi connectivity index (χ2n) is 10.9. The summed E-state index contributed by atoms with van der Waals surface area (Å²) in [6.07, 6.45) is 1.06. The lowest BCUT2D eigenvalue weighted by Crippen LogP contribution is -2.35. The number of carbonyl (C=O) groups is 2. The Morgan fingerprint density at radius 2 is 1.67 bits per heavy atom. The van der Waals surface area contributed by atoms with Crippen molar-refractivity contribution in [2.24, 2.45) is 5.92 Å². The van der Waals surface area contributed by atoms with Gasteiger partial charge in [-0.2, -0.15) is 0 Å². The van der Waals surface area contributed by atoms with E-state index in [1.165, 1.54) is 18.2 Å². The number of carbonyl (C=O) groups excluding carboxylic acids is 1. The molecule has 3 aromatic carbocycles. The number of halogens is 2. The van der Waals surface area contributed by atoms with Gasteiger partial charge in [-0.05, 0) is 71.5 Å². The minimum atomic E-state index is -1.05. The van der Waals surface area contributed by atoms with Gasteiger partial charge in [0.25, 0.3) is 0 Å². The smallest absolute Gasteiger partial charge is 0.309 e. The fourth-order valence-electron chi connectivity index (χ4n) is 6.11. The molecule has 0 bridgehead atoms. The van der Waals surface area contributed by atoms with Crippen LogP contribution >= 0.6 is 0 Å². The van der Waals surface area contributed by atoms with Crippen molar-refractivity contribution in [1.29, 1.82) is 0 Å². The molecule has 0 radical (unpaired) electrons. The molecule has 0 saturated carbocycles. The number of carboxylic acid groups (broad SMARTS) is 1. The molecule has 1 saturated heterocycles. The van der Waals surface area contributed by atoms with Crippen LogP contribution in [0.5, 0.6) is 11.5 Å². The van der Waals surface area contributed by atoms with Crippen molar-refractivity contribution in [3.05, 3.63) is 82.4 Å². The molecule has 0 aliphatic carbocycles. The van der Waals surface area contributed by atoms with E-state index in [2.05, 4.69) is 5.32 Å². The fraction of sp³-hybridized carbons (Fsp3) is 0.375. The molecule has 2 N–H and O–H groups in total. The van der Waals surface area contributed by atoms with Crippen LogP contribution in [0.4, 0.5) is 20.2 Å². The number of fused-ring (bicyclic) bond motifs is 1. The van der Waals surface area contributed by atoms with Crippen LogP contribution in [-0.2, 0) is 22.4 Å². The van der Waals surface area contributed by atoms with Crippen molar-refractivity contribution in [3.63, 3.8) is 0 Å². The van der Waals surface area contributed by atoms with E-state index in [9.17, 15) is 23.5 Å². The van der Waals surface area contributed by atoms with E-state index in [-0.39, 0.29) is 43.1 Å². The Balaban J connectivity index is 1.51. The average molecular weight is 580 g/mol. The molecule has 222 valence electrons. The molecule has 3 atom stereocenters. The molecular weight excluding hydrogens is 544 g/mol. The zero-order chi connectivity index (χ0) is 30.1. The number of rotatable bonds is 9. The molecule has 0 spiro atoms. The Morgan fingerprint density at radius 3 is 2.26 bits per heavy atom. The Morgan fingerprint density at radius 1 is 1.00 bits per heavy atom. The number of aryl methyl sites for hydroxylation is 2. The van der Waals surface area contributed by atoms with E-state index < -0.39 is 29.7 Å². The maximum absolute atomic E-state index is 14.9. The van der Waals surface area contributed by atoms with Gasteiger partial charge >= 0.3 is 5.97 Å². The van der Waals surface area contributed by atoms with Crippen LogP contribution in [0, 0.1) is 17.6 Å². The van der Waals surface area contributed by atoms with Crippen LogP contribution in [-0.4, -0.2) is 55.9 Å². The third-order valence-corrected chi connectivity index (χ3v) is 8.15. The number of aliphatic carboxylic acids is 1. The maximum atomic E-state index is 14.9. The minimum Gasteiger partial charge on any atom is -0.481 e. The Labute approximate surface area is 243 Å². The standard InChI is InChI=1S/C32H35F2N3O5/c1-5-18-11-22(33)12-19(6-2)29(18)35-27(38)16-37-15-24(21-13-25(34)31-26(14-21)41-17-42-31)28(32(39)40)30(37)20-7-9-23(10-8-20)36(3)4/h7-14,24,28,30H,5-6,15-17H2,1-4H3,(H,35,38)(H,39,40)/t24-,28?,30+/m1/s1. The van der Waals surface area contributed by atoms with Gasteiger partial charge in [0.1, 0.15) is 5.82 Å². The number of carboxylic acids is 1. The number of likely N-dealkylation sites (tertiary alicyclic amines) is 1. The van der Waals surface area contributed by atoms with Crippen molar-refractivity contribution in [3.8, 4) is 11.5 Å². The number of ether oxygens (including phenoxy) is 2. The van der Waals surface area contributed by atoms with Crippen LogP contribution in [0.1, 0.15) is 48.1 Å². The van der Waals surface area contributed by atoms with Gasteiger partial charge in [0.2, 0.25) is 18.4 Å². The van der Waals surface area contributed by atoms with Crippen LogP contribution in [0.25, 0.3) is 0 Å². The van der Waals surface area contributed by atoms with Gasteiger partial charge in [0.05, 0.1) is 12.5 Å². The number of amides is 1. The molecule has 0 aromatic heterocycles. The van der Waals surface area contributed by atoms with Gasteiger partial charge in [-0.3, -0.25) is 14.5 Å². The second kappa shape index (κ2) is 12.0. The summed E-state index contributed by atoms with van der Waals surface area (Å²) in [4.78, 5) is 30.2. The van der Waals surface area contributed by atoms with Crippen LogP contribution < -0.4 is 19.7 Å². The highest BCUT2D eigenvalue weighted by Crippen LogP contribution is 2.48. The zero-order valence-electron chi connectivity index (χ0n) is 24.1. The van der Waals surface area contributed by atoms with E-state index in [0.717, 1.165) is 11.3 Å². The van der Waals surface area contributed by atoms with Crippen molar-refractivity contribution in [2.45, 2.75) is 38.6 Å². The van der Waals surface area contributed by atoms with E-state index in [1.54, 1.807) is 6.07 Å². The molecule has 2 heterocycles. The Hall–Kier alpha value is -4.18. The normalized spacial score (nSPS) is 19.6. The lowest BCUT2D eigenvalue weighted by Gasteiger charge is -2.27. The molecule has 1 amide bonds. The first kappa shape index (κ1) is 29.3. The van der Waals surface area contributed by atoms with Crippen LogP contribution in [0.3, 0.4) is 0 Å². The first-order valence-electron chi connectivity index (χ1n) is 14.1. The predicted octanol–water partition coefficient (Wildman–Crippen LogP) is 5.36. The van der Waals surface area contributed by atoms with Crippen LogP contribution in [0.15, 0.2) is 48.5 Å². The SMILES string of the molecule is CCc1cc(F)cc(CC)c1NC(=O)CN1C[C@H](c2cc(F)c3c(c2)OCO3)C(C(=O)O)[C@@H]1c1ccc(N(C)C)cc1. The summed E-state index contributed by atoms with van der Waals surface area (Å²) in [7, 11) is 3.83. The summed E-state index contributed by atoms with van der Waals surface area (Å²) in [6, 6.07) is 12.6. The first-order chi connectivity index (χ1) is 20.1. The van der Waals surface area contributed by atoms with Gasteiger partial charge in [-0.25, -0.2) is 8.78 Å². The van der Waals surface area contributed by atoms with Crippen molar-refractivity contribution < 1.29 is 33.0 Å². The van der Waals surface area contributed by atoms with Crippen molar-refractivity contribution in [2.75, 3.05) is 44.2 Å². The Kier molecular flexibility index (Phi) is 8.36. The van der Waals surface area contributed by atoms with Gasteiger partial charge in [-0.15, -0.1) is 0 Å². The largest absolute Gasteiger partial charge is 0.481 e. The maximum Gasteiger partial charge on any atom is 0.309 e. The summed E-state index contributed by atoms with van der Waals surface area (Å²) in [5.74, 6) is -3.76. The Bertz CT molecular complexity index is 1470. The number of nitrogens with one attached hydrogen (secondary N) is 1. The van der Waals surface area contributed by atoms with Crippen molar-refractivity contribution >= 4 is 23.3 Å². The molecule has 2 aliphatic rings. The number of anilines is 2. The summed E-state index contributed by atoms with van der Waals surface area (Å²) in [5, 5.41) is 13.5. The summed E-state index contributed by atoms with van der Waals surface area (Å²) in [5.41, 5.74) is 4.10. The third-order valence-electron chi connectivity index (χ3n) is 8.15. The van der Waals surface area contributed by atoms with E-state index in [4.69, 9.17) is 9.47 Å². The van der Waals surface area contributed by atoms with E-state index >= 15 is 0 Å². The molecule has 3 aromatic rings. The average Bonchev–Trinajstić information content (AvgIpc) is 3.59. The van der Waals surface area contributed by atoms with E-state index in [1.807, 2.05) is 62.0 Å². The third kappa shape index (κ3) is 5.63. The molecule has 1 unspecified atom stereocenters. The molecule has 1 fully saturated rings. The lowest BCUT2D eigenvalue weighted by molar-refractivity contribution is -0.143. The highest BCUT2D eigenvalue weighted by atomic mass is 19.1. The van der Waals surface area contributed by atoms with Gasteiger partial charge in [-0.1, -0.05) is 26.0 Å². The quantitative estimate of drug-likeness (QED) is 0.353. The van der Waals surface area contributed by atoms with Gasteiger partial charge in [0, 0.05) is 44.0 Å². The number of hydrogen-bond acceptors (Lipinski definition) is 6. The highest BCUT2D eigenvalue weighted by Gasteiger charge is 2.48. The minimum absolute atomic E-state index is 0.00781. The molecule has 5 rings (SSSR count). The summed E-state index contributed by atoms with van der Waals surface area (Å²) in [6.45, 7) is 3.75. The van der Waals surface area contributed by atoms with Gasteiger partial charge in [0.15, 0.2) is 11.6 Å². The fourth-order valence-corrected chi connectivity index (χ4v) is 6.11.